The highest BCUT2D eigenvalue weighted by molar-refractivity contribution is 6.01. The van der Waals surface area contributed by atoms with E-state index in [1.54, 1.807) is 0 Å². The number of amides is 1. The van der Waals surface area contributed by atoms with Gasteiger partial charge in [-0.3, -0.25) is 0 Å². The van der Waals surface area contributed by atoms with Gasteiger partial charge < -0.3 is 19.2 Å². The number of imidazole rings is 1. The fourth-order valence-corrected chi connectivity index (χ4v) is 3.79. The van der Waals surface area contributed by atoms with Crippen molar-refractivity contribution in [2.75, 3.05) is 13.1 Å². The molecule has 0 radical (unpaired) electrons. The molecule has 1 saturated heterocycles. The molecular weight excluding hydrogens is 330 g/mol. The molecule has 0 aromatic carbocycles. The maximum absolute atomic E-state index is 12.3. The molecule has 1 N–H and O–H groups in total. The van der Waals surface area contributed by atoms with Crippen molar-refractivity contribution in [3.05, 3.63) is 24.3 Å². The summed E-state index contributed by atoms with van der Waals surface area (Å²) in [4.78, 5) is 26.4. The Hall–Kier alpha value is -2.57. The summed E-state index contributed by atoms with van der Waals surface area (Å²) in [5, 5.41) is 1.10. The Balaban J connectivity index is 1.59. The minimum Gasteiger partial charge on any atom is -0.444 e. The van der Waals surface area contributed by atoms with Crippen molar-refractivity contribution in [3.8, 4) is 0 Å². The minimum absolute atomic E-state index is 0.222. The van der Waals surface area contributed by atoms with Crippen LogP contribution in [0.25, 0.3) is 22.1 Å². The number of aryl methyl sites for hydroxylation is 1. The molecule has 0 unspecified atom stereocenters. The van der Waals surface area contributed by atoms with Crippen LogP contribution in [0.1, 0.15) is 45.5 Å². The molecule has 0 spiro atoms. The second-order valence-electron chi connectivity index (χ2n) is 7.96. The zero-order chi connectivity index (χ0) is 18.5. The Labute approximate surface area is 152 Å². The van der Waals surface area contributed by atoms with E-state index in [1.165, 1.54) is 0 Å². The molecule has 1 amide bonds. The van der Waals surface area contributed by atoms with Crippen molar-refractivity contribution in [3.63, 3.8) is 0 Å². The van der Waals surface area contributed by atoms with E-state index in [0.29, 0.717) is 19.1 Å². The standard InChI is InChI=1S/C19H25N5O2/c1-12-22-15-11-21-17-14(5-8-20-17)16(15)24(12)13-6-9-23(10-7-13)18(25)26-19(2,3)4/h5,8,11,13H,6-7,9-10H2,1-4H3,(H,20,21). The first-order valence-corrected chi connectivity index (χ1v) is 9.12. The average molecular weight is 355 g/mol. The molecule has 3 aromatic rings. The lowest BCUT2D eigenvalue weighted by Crippen LogP contribution is -2.42. The van der Waals surface area contributed by atoms with E-state index >= 15 is 0 Å². The van der Waals surface area contributed by atoms with E-state index in [1.807, 2.05) is 45.0 Å². The van der Waals surface area contributed by atoms with Gasteiger partial charge in [0.2, 0.25) is 0 Å². The molecule has 1 aliphatic heterocycles. The van der Waals surface area contributed by atoms with Crippen LogP contribution in [0.3, 0.4) is 0 Å². The first kappa shape index (κ1) is 16.9. The molecule has 0 bridgehead atoms. The minimum atomic E-state index is -0.460. The number of nitrogens with zero attached hydrogens (tertiary/aromatic N) is 4. The van der Waals surface area contributed by atoms with Gasteiger partial charge in [-0.2, -0.15) is 0 Å². The van der Waals surface area contributed by atoms with Crippen LogP contribution in [-0.2, 0) is 4.74 Å². The van der Waals surface area contributed by atoms with Crippen molar-refractivity contribution in [1.82, 2.24) is 24.4 Å². The van der Waals surface area contributed by atoms with Crippen LogP contribution in [0, 0.1) is 6.92 Å². The quantitative estimate of drug-likeness (QED) is 0.720. The van der Waals surface area contributed by atoms with Crippen LogP contribution >= 0.6 is 0 Å². The molecule has 3 aromatic heterocycles. The number of hydrogen-bond acceptors (Lipinski definition) is 4. The van der Waals surface area contributed by atoms with E-state index in [0.717, 1.165) is 40.7 Å². The van der Waals surface area contributed by atoms with Gasteiger partial charge in [-0.15, -0.1) is 0 Å². The van der Waals surface area contributed by atoms with Crippen LogP contribution in [0.15, 0.2) is 18.5 Å². The monoisotopic (exact) mass is 355 g/mol. The Morgan fingerprint density at radius 2 is 2.04 bits per heavy atom. The van der Waals surface area contributed by atoms with Crippen molar-refractivity contribution >= 4 is 28.2 Å². The largest absolute Gasteiger partial charge is 0.444 e. The summed E-state index contributed by atoms with van der Waals surface area (Å²) in [5.74, 6) is 0.992. The van der Waals surface area contributed by atoms with Crippen molar-refractivity contribution < 1.29 is 9.53 Å². The number of ether oxygens (including phenoxy) is 1. The zero-order valence-electron chi connectivity index (χ0n) is 15.7. The van der Waals surface area contributed by atoms with Gasteiger partial charge in [-0.1, -0.05) is 0 Å². The molecule has 4 heterocycles. The zero-order valence-corrected chi connectivity index (χ0v) is 15.7. The molecule has 0 saturated carbocycles. The lowest BCUT2D eigenvalue weighted by molar-refractivity contribution is 0.0189. The fraction of sp³-hybridized carbons (Fsp3) is 0.526. The predicted molar refractivity (Wildman–Crippen MR) is 100 cm³/mol. The molecule has 1 fully saturated rings. The number of aromatic amines is 1. The van der Waals surface area contributed by atoms with Crippen LogP contribution in [-0.4, -0.2) is 49.2 Å². The van der Waals surface area contributed by atoms with E-state index in [4.69, 9.17) is 9.72 Å². The Bertz CT molecular complexity index is 958. The maximum atomic E-state index is 12.3. The summed E-state index contributed by atoms with van der Waals surface area (Å²) in [5.41, 5.74) is 2.47. The fourth-order valence-electron chi connectivity index (χ4n) is 3.79. The molecule has 138 valence electrons. The lowest BCUT2D eigenvalue weighted by atomic mass is 10.0. The number of piperidine rings is 1. The number of aromatic nitrogens is 4. The lowest BCUT2D eigenvalue weighted by Gasteiger charge is -2.34. The summed E-state index contributed by atoms with van der Waals surface area (Å²) in [6.07, 6.45) is 5.29. The second kappa shape index (κ2) is 6.00. The predicted octanol–water partition coefficient (Wildman–Crippen LogP) is 3.79. The third-order valence-corrected chi connectivity index (χ3v) is 4.89. The van der Waals surface area contributed by atoms with Gasteiger partial charge in [0.1, 0.15) is 22.6 Å². The van der Waals surface area contributed by atoms with Gasteiger partial charge in [0.25, 0.3) is 0 Å². The second-order valence-corrected chi connectivity index (χ2v) is 7.96. The van der Waals surface area contributed by atoms with E-state index < -0.39 is 5.60 Å². The Morgan fingerprint density at radius 3 is 2.73 bits per heavy atom. The number of likely N-dealkylation sites (tertiary alicyclic amines) is 1. The number of hydrogen-bond donors (Lipinski definition) is 1. The van der Waals surface area contributed by atoms with E-state index in [2.05, 4.69) is 20.6 Å². The first-order valence-electron chi connectivity index (χ1n) is 9.12. The molecule has 7 heteroatoms. The summed E-state index contributed by atoms with van der Waals surface area (Å²) in [7, 11) is 0. The van der Waals surface area contributed by atoms with Crippen molar-refractivity contribution in [2.24, 2.45) is 0 Å². The van der Waals surface area contributed by atoms with Gasteiger partial charge in [0.05, 0.1) is 11.7 Å². The third-order valence-electron chi connectivity index (χ3n) is 4.89. The summed E-state index contributed by atoms with van der Waals surface area (Å²) >= 11 is 0. The molecular formula is C19H25N5O2. The number of fused-ring (bicyclic) bond motifs is 3. The Kier molecular flexibility index (Phi) is 3.89. The van der Waals surface area contributed by atoms with Crippen LogP contribution in [0.5, 0.6) is 0 Å². The number of nitrogens with one attached hydrogen (secondary N) is 1. The van der Waals surface area contributed by atoms with Crippen molar-refractivity contribution in [1.29, 1.82) is 0 Å². The van der Waals surface area contributed by atoms with E-state index in [-0.39, 0.29) is 6.09 Å². The first-order chi connectivity index (χ1) is 12.3. The third kappa shape index (κ3) is 2.91. The summed E-state index contributed by atoms with van der Waals surface area (Å²) in [6, 6.07) is 2.37. The highest BCUT2D eigenvalue weighted by Crippen LogP contribution is 2.32. The number of H-pyrrole nitrogens is 1. The number of rotatable bonds is 1. The van der Waals surface area contributed by atoms with Gasteiger partial charge in [0.15, 0.2) is 0 Å². The SMILES string of the molecule is Cc1nc2cnc3[nH]ccc3c2n1C1CCN(C(=O)OC(C)(C)C)CC1. The molecule has 26 heavy (non-hydrogen) atoms. The maximum Gasteiger partial charge on any atom is 0.410 e. The number of carbonyl (C=O) groups is 1. The van der Waals surface area contributed by atoms with Crippen LogP contribution in [0.2, 0.25) is 0 Å². The topological polar surface area (TPSA) is 76.0 Å². The average Bonchev–Trinajstić information content (AvgIpc) is 3.16. The molecule has 0 atom stereocenters. The summed E-state index contributed by atoms with van der Waals surface area (Å²) < 4.78 is 7.82. The highest BCUT2D eigenvalue weighted by Gasteiger charge is 2.29. The highest BCUT2D eigenvalue weighted by atomic mass is 16.6. The number of carbonyl (C=O) groups excluding carboxylic acids is 1. The molecule has 1 aliphatic rings. The Morgan fingerprint density at radius 1 is 1.31 bits per heavy atom. The van der Waals surface area contributed by atoms with E-state index in [9.17, 15) is 4.79 Å². The van der Waals surface area contributed by atoms with Gasteiger partial charge in [0, 0.05) is 30.7 Å². The van der Waals surface area contributed by atoms with Crippen LogP contribution in [0.4, 0.5) is 4.79 Å². The number of pyridine rings is 1. The molecule has 0 aliphatic carbocycles. The smallest absolute Gasteiger partial charge is 0.410 e. The normalized spacial score (nSPS) is 16.5. The van der Waals surface area contributed by atoms with Gasteiger partial charge in [-0.05, 0) is 46.6 Å². The van der Waals surface area contributed by atoms with Crippen molar-refractivity contribution in [2.45, 2.75) is 52.2 Å². The van der Waals surface area contributed by atoms with Gasteiger partial charge >= 0.3 is 6.09 Å². The van der Waals surface area contributed by atoms with Gasteiger partial charge in [-0.25, -0.2) is 14.8 Å². The summed E-state index contributed by atoms with van der Waals surface area (Å²) in [6.45, 7) is 9.12. The van der Waals surface area contributed by atoms with Crippen LogP contribution < -0.4 is 0 Å². The molecule has 7 nitrogen and oxygen atoms in total. The molecule has 4 rings (SSSR count).